The van der Waals surface area contributed by atoms with Gasteiger partial charge in [-0.3, -0.25) is 0 Å². The maximum Gasteiger partial charge on any atom is 0.417 e. The molecular weight excluding hydrogens is 362 g/mol. The molecular formula is C20H17F4NO2. The van der Waals surface area contributed by atoms with Gasteiger partial charge in [-0.05, 0) is 36.2 Å². The van der Waals surface area contributed by atoms with Crippen molar-refractivity contribution in [3.8, 4) is 0 Å². The number of fused-ring (bicyclic) bond motifs is 1. The molecule has 3 rings (SSSR count). The Kier molecular flexibility index (Phi) is 5.21. The van der Waals surface area contributed by atoms with Gasteiger partial charge in [0.15, 0.2) is 0 Å². The highest BCUT2D eigenvalue weighted by molar-refractivity contribution is 5.84. The average Bonchev–Trinajstić information content (AvgIpc) is 2.61. The highest BCUT2D eigenvalue weighted by Gasteiger charge is 2.33. The Morgan fingerprint density at radius 2 is 1.74 bits per heavy atom. The van der Waals surface area contributed by atoms with Gasteiger partial charge in [-0.15, -0.1) is 0 Å². The predicted octanol–water partition coefficient (Wildman–Crippen LogP) is 5.37. The lowest BCUT2D eigenvalue weighted by Crippen LogP contribution is -2.23. The summed E-state index contributed by atoms with van der Waals surface area (Å²) in [6, 6.07) is 10.8. The second kappa shape index (κ2) is 7.42. The van der Waals surface area contributed by atoms with Crippen LogP contribution in [0.1, 0.15) is 24.5 Å². The molecule has 0 aliphatic carbocycles. The summed E-state index contributed by atoms with van der Waals surface area (Å²) < 4.78 is 57.6. The maximum absolute atomic E-state index is 13.2. The van der Waals surface area contributed by atoms with Crippen LogP contribution in [-0.2, 0) is 12.7 Å². The molecule has 0 bridgehead atoms. The van der Waals surface area contributed by atoms with E-state index in [1.165, 1.54) is 24.3 Å². The van der Waals surface area contributed by atoms with Crippen LogP contribution in [0.15, 0.2) is 57.7 Å². The van der Waals surface area contributed by atoms with Crippen LogP contribution in [0, 0.1) is 5.82 Å². The fraction of sp³-hybridized carbons (Fsp3) is 0.250. The van der Waals surface area contributed by atoms with E-state index in [9.17, 15) is 22.4 Å². The molecule has 7 heteroatoms. The van der Waals surface area contributed by atoms with Gasteiger partial charge in [-0.25, -0.2) is 9.18 Å². The van der Waals surface area contributed by atoms with Crippen LogP contribution in [0.25, 0.3) is 11.0 Å². The zero-order valence-electron chi connectivity index (χ0n) is 14.5. The number of halogens is 4. The van der Waals surface area contributed by atoms with Crippen molar-refractivity contribution in [1.29, 1.82) is 0 Å². The van der Waals surface area contributed by atoms with Gasteiger partial charge in [-0.2, -0.15) is 13.2 Å². The summed E-state index contributed by atoms with van der Waals surface area (Å²) in [6.07, 6.45) is -3.85. The molecule has 0 unspecified atom stereocenters. The first-order valence-electron chi connectivity index (χ1n) is 8.42. The van der Waals surface area contributed by atoms with E-state index in [0.29, 0.717) is 24.8 Å². The fourth-order valence-electron chi connectivity index (χ4n) is 2.96. The molecule has 0 saturated heterocycles. The lowest BCUT2D eigenvalue weighted by atomic mass is 10.1. The molecule has 0 amide bonds. The standard InChI is InChI=1S/C20H17F4NO2/c1-2-9-25(12-13-3-5-14(21)6-4-13)15-7-8-16-17(20(22,23)24)11-19(26)27-18(16)10-15/h3-8,10-11H,2,9,12H2,1H3. The minimum atomic E-state index is -4.65. The number of nitrogens with zero attached hydrogens (tertiary/aromatic N) is 1. The molecule has 0 saturated carbocycles. The number of benzene rings is 2. The quantitative estimate of drug-likeness (QED) is 0.442. The number of rotatable bonds is 5. The van der Waals surface area contributed by atoms with E-state index in [2.05, 4.69) is 0 Å². The molecule has 3 nitrogen and oxygen atoms in total. The van der Waals surface area contributed by atoms with Crippen molar-refractivity contribution < 1.29 is 22.0 Å². The molecule has 1 aromatic heterocycles. The maximum atomic E-state index is 13.2. The van der Waals surface area contributed by atoms with Crippen molar-refractivity contribution in [1.82, 2.24) is 0 Å². The summed E-state index contributed by atoms with van der Waals surface area (Å²) in [6.45, 7) is 3.05. The summed E-state index contributed by atoms with van der Waals surface area (Å²) in [5.74, 6) is -0.340. The van der Waals surface area contributed by atoms with Gasteiger partial charge in [0.25, 0.3) is 0 Å². The Hall–Kier alpha value is -2.83. The molecule has 0 aliphatic rings. The van der Waals surface area contributed by atoms with Gasteiger partial charge in [0.05, 0.1) is 5.56 Å². The minimum absolute atomic E-state index is 0.118. The summed E-state index contributed by atoms with van der Waals surface area (Å²) in [5, 5.41) is -0.163. The first kappa shape index (κ1) is 18.9. The molecule has 0 radical (unpaired) electrons. The third kappa shape index (κ3) is 4.30. The molecule has 1 heterocycles. The van der Waals surface area contributed by atoms with E-state index in [4.69, 9.17) is 4.42 Å². The van der Waals surface area contributed by atoms with E-state index in [-0.39, 0.29) is 16.8 Å². The molecule has 142 valence electrons. The average molecular weight is 379 g/mol. The SMILES string of the molecule is CCCN(Cc1ccc(F)cc1)c1ccc2c(C(F)(F)F)cc(=O)oc2c1. The van der Waals surface area contributed by atoms with Crippen molar-refractivity contribution in [3.05, 3.63) is 75.9 Å². The second-order valence-electron chi connectivity index (χ2n) is 6.21. The summed E-state index contributed by atoms with van der Waals surface area (Å²) >= 11 is 0. The van der Waals surface area contributed by atoms with Gasteiger partial charge in [0, 0.05) is 36.3 Å². The Morgan fingerprint density at radius 1 is 1.04 bits per heavy atom. The van der Waals surface area contributed by atoms with Crippen molar-refractivity contribution in [2.75, 3.05) is 11.4 Å². The Bertz CT molecular complexity index is 994. The van der Waals surface area contributed by atoms with Crippen molar-refractivity contribution in [2.24, 2.45) is 0 Å². The molecule has 0 atom stereocenters. The zero-order chi connectivity index (χ0) is 19.6. The number of hydrogen-bond donors (Lipinski definition) is 0. The van der Waals surface area contributed by atoms with Gasteiger partial charge >= 0.3 is 11.8 Å². The van der Waals surface area contributed by atoms with Crippen LogP contribution in [0.3, 0.4) is 0 Å². The first-order chi connectivity index (χ1) is 12.8. The summed E-state index contributed by atoms with van der Waals surface area (Å²) in [4.78, 5) is 13.5. The Labute approximate surface area is 152 Å². The first-order valence-corrected chi connectivity index (χ1v) is 8.42. The number of hydrogen-bond acceptors (Lipinski definition) is 3. The van der Waals surface area contributed by atoms with E-state index >= 15 is 0 Å². The van der Waals surface area contributed by atoms with Crippen LogP contribution < -0.4 is 10.5 Å². The van der Waals surface area contributed by atoms with E-state index < -0.39 is 17.4 Å². The Balaban J connectivity index is 2.03. The van der Waals surface area contributed by atoms with Gasteiger partial charge in [-0.1, -0.05) is 19.1 Å². The highest BCUT2D eigenvalue weighted by atomic mass is 19.4. The lowest BCUT2D eigenvalue weighted by molar-refractivity contribution is -0.136. The van der Waals surface area contributed by atoms with Crippen LogP contribution in [0.4, 0.5) is 23.2 Å². The molecule has 3 aromatic rings. The zero-order valence-corrected chi connectivity index (χ0v) is 14.5. The fourth-order valence-corrected chi connectivity index (χ4v) is 2.96. The van der Waals surface area contributed by atoms with Crippen molar-refractivity contribution in [3.63, 3.8) is 0 Å². The molecule has 0 aliphatic heterocycles. The third-order valence-corrected chi connectivity index (χ3v) is 4.18. The van der Waals surface area contributed by atoms with E-state index in [0.717, 1.165) is 12.0 Å². The smallest absolute Gasteiger partial charge is 0.417 e. The van der Waals surface area contributed by atoms with Crippen LogP contribution >= 0.6 is 0 Å². The molecule has 0 spiro atoms. The van der Waals surface area contributed by atoms with Crippen LogP contribution in [0.2, 0.25) is 0 Å². The molecule has 0 fully saturated rings. The Morgan fingerprint density at radius 3 is 2.37 bits per heavy atom. The lowest BCUT2D eigenvalue weighted by Gasteiger charge is -2.25. The van der Waals surface area contributed by atoms with Crippen molar-refractivity contribution >= 4 is 16.7 Å². The van der Waals surface area contributed by atoms with Crippen LogP contribution in [-0.4, -0.2) is 6.54 Å². The largest absolute Gasteiger partial charge is 0.423 e. The van der Waals surface area contributed by atoms with Gasteiger partial charge in [0.2, 0.25) is 0 Å². The molecule has 0 N–H and O–H groups in total. The summed E-state index contributed by atoms with van der Waals surface area (Å²) in [5.41, 5.74) is -0.701. The molecule has 27 heavy (non-hydrogen) atoms. The van der Waals surface area contributed by atoms with Gasteiger partial charge < -0.3 is 9.32 Å². The van der Waals surface area contributed by atoms with E-state index in [1.807, 2.05) is 11.8 Å². The monoisotopic (exact) mass is 379 g/mol. The second-order valence-corrected chi connectivity index (χ2v) is 6.21. The highest BCUT2D eigenvalue weighted by Crippen LogP contribution is 2.35. The normalized spacial score (nSPS) is 11.7. The van der Waals surface area contributed by atoms with Crippen molar-refractivity contribution in [2.45, 2.75) is 26.1 Å². The van der Waals surface area contributed by atoms with Gasteiger partial charge in [0.1, 0.15) is 11.4 Å². The summed E-state index contributed by atoms with van der Waals surface area (Å²) in [7, 11) is 0. The topological polar surface area (TPSA) is 33.5 Å². The number of alkyl halides is 3. The molecule has 2 aromatic carbocycles. The number of anilines is 1. The predicted molar refractivity (Wildman–Crippen MR) is 95.2 cm³/mol. The van der Waals surface area contributed by atoms with E-state index in [1.54, 1.807) is 18.2 Å². The minimum Gasteiger partial charge on any atom is -0.423 e. The van der Waals surface area contributed by atoms with Crippen LogP contribution in [0.5, 0.6) is 0 Å². The third-order valence-electron chi connectivity index (χ3n) is 4.18.